The Hall–Kier alpha value is -2.26. The van der Waals surface area contributed by atoms with Gasteiger partial charge in [0.2, 0.25) is 11.8 Å². The molecule has 2 fully saturated rings. The Morgan fingerprint density at radius 1 is 1.32 bits per heavy atom. The number of furan rings is 1. The van der Waals surface area contributed by atoms with Crippen molar-refractivity contribution in [3.8, 4) is 0 Å². The molecule has 4 rings (SSSR count). The standard InChI is InChI=1S/C22H31N5O3S/c1-15-3-6-17(30-15)14-27-12-10-23-21(29)19(27)13-20(28)25-16-4-7-18(8-5-16)31-22-24-9-11-26(22)2/h3,6,9,11,16,18-19H,4-5,7-8,10,12-14H2,1-2H3,(H,23,29)(H,25,28). The highest BCUT2D eigenvalue weighted by molar-refractivity contribution is 7.99. The van der Waals surface area contributed by atoms with Gasteiger partial charge in [0.15, 0.2) is 5.16 Å². The van der Waals surface area contributed by atoms with E-state index in [0.717, 1.165) is 42.4 Å². The highest BCUT2D eigenvalue weighted by atomic mass is 32.2. The van der Waals surface area contributed by atoms with Gasteiger partial charge in [0.05, 0.1) is 19.0 Å². The molecule has 31 heavy (non-hydrogen) atoms. The van der Waals surface area contributed by atoms with Gasteiger partial charge in [0.1, 0.15) is 11.5 Å². The number of aromatic nitrogens is 2. The van der Waals surface area contributed by atoms with Crippen LogP contribution in [0.2, 0.25) is 0 Å². The molecule has 0 spiro atoms. The Labute approximate surface area is 187 Å². The van der Waals surface area contributed by atoms with Crippen LogP contribution < -0.4 is 10.6 Å². The second kappa shape index (κ2) is 9.91. The fourth-order valence-electron chi connectivity index (χ4n) is 4.35. The number of nitrogens with one attached hydrogen (secondary N) is 2. The molecule has 2 amide bonds. The topological polar surface area (TPSA) is 92.4 Å². The van der Waals surface area contributed by atoms with Crippen molar-refractivity contribution in [1.82, 2.24) is 25.1 Å². The minimum absolute atomic E-state index is 0.0529. The van der Waals surface area contributed by atoms with Gasteiger partial charge in [-0.25, -0.2) is 4.98 Å². The third-order valence-corrected chi connectivity index (χ3v) is 7.47. The van der Waals surface area contributed by atoms with Crippen LogP contribution in [0.25, 0.3) is 0 Å². The maximum atomic E-state index is 12.7. The number of nitrogens with zero attached hydrogens (tertiary/aromatic N) is 3. The molecule has 2 aliphatic rings. The zero-order valence-corrected chi connectivity index (χ0v) is 19.0. The summed E-state index contributed by atoms with van der Waals surface area (Å²) in [4.78, 5) is 31.7. The number of hydrogen-bond donors (Lipinski definition) is 2. The number of thioether (sulfide) groups is 1. The van der Waals surface area contributed by atoms with E-state index in [2.05, 4.69) is 15.6 Å². The van der Waals surface area contributed by atoms with Gasteiger partial charge in [0.25, 0.3) is 0 Å². The van der Waals surface area contributed by atoms with Gasteiger partial charge in [-0.15, -0.1) is 0 Å². The van der Waals surface area contributed by atoms with E-state index >= 15 is 0 Å². The lowest BCUT2D eigenvalue weighted by Crippen LogP contribution is -2.56. The fraction of sp³-hybridized carbons (Fsp3) is 0.591. The molecule has 1 saturated heterocycles. The Morgan fingerprint density at radius 3 is 2.81 bits per heavy atom. The minimum Gasteiger partial charge on any atom is -0.465 e. The van der Waals surface area contributed by atoms with Crippen molar-refractivity contribution >= 4 is 23.6 Å². The molecule has 1 atom stereocenters. The maximum Gasteiger partial charge on any atom is 0.237 e. The van der Waals surface area contributed by atoms with Crippen LogP contribution in [0.1, 0.15) is 43.6 Å². The average molecular weight is 446 g/mol. The van der Waals surface area contributed by atoms with Crippen LogP contribution in [0.15, 0.2) is 34.1 Å². The van der Waals surface area contributed by atoms with Gasteiger partial charge < -0.3 is 19.6 Å². The number of aryl methyl sites for hydroxylation is 2. The smallest absolute Gasteiger partial charge is 0.237 e. The summed E-state index contributed by atoms with van der Waals surface area (Å²) in [5.41, 5.74) is 0. The largest absolute Gasteiger partial charge is 0.465 e. The first-order chi connectivity index (χ1) is 15.0. The van der Waals surface area contributed by atoms with E-state index in [1.165, 1.54) is 0 Å². The lowest BCUT2D eigenvalue weighted by atomic mass is 9.94. The normalized spacial score (nSPS) is 24.7. The molecule has 0 aromatic carbocycles. The second-order valence-corrected chi connectivity index (χ2v) is 9.74. The van der Waals surface area contributed by atoms with Gasteiger partial charge >= 0.3 is 0 Å². The van der Waals surface area contributed by atoms with Crippen LogP contribution in [0.5, 0.6) is 0 Å². The summed E-state index contributed by atoms with van der Waals surface area (Å²) in [6.07, 6.45) is 7.98. The Kier molecular flexibility index (Phi) is 7.02. The van der Waals surface area contributed by atoms with Crippen molar-refractivity contribution in [2.75, 3.05) is 13.1 Å². The number of imidazole rings is 1. The Morgan fingerprint density at radius 2 is 2.13 bits per heavy atom. The van der Waals surface area contributed by atoms with Gasteiger partial charge in [0, 0.05) is 43.8 Å². The summed E-state index contributed by atoms with van der Waals surface area (Å²) in [5.74, 6) is 1.53. The van der Waals surface area contributed by atoms with Gasteiger partial charge in [-0.3, -0.25) is 14.5 Å². The molecule has 2 aromatic heterocycles. The molecular formula is C22H31N5O3S. The average Bonchev–Trinajstić information content (AvgIpc) is 3.34. The predicted octanol–water partition coefficient (Wildman–Crippen LogP) is 2.23. The van der Waals surface area contributed by atoms with Crippen LogP contribution in [-0.4, -0.2) is 56.7 Å². The molecule has 0 radical (unpaired) electrons. The monoisotopic (exact) mass is 445 g/mol. The van der Waals surface area contributed by atoms with E-state index < -0.39 is 6.04 Å². The number of carbonyl (C=O) groups excluding carboxylic acids is 2. The first kappa shape index (κ1) is 22.0. The molecule has 1 unspecified atom stereocenters. The summed E-state index contributed by atoms with van der Waals surface area (Å²) >= 11 is 1.82. The maximum absolute atomic E-state index is 12.7. The van der Waals surface area contributed by atoms with Crippen molar-refractivity contribution in [2.45, 2.75) is 68.1 Å². The van der Waals surface area contributed by atoms with Crippen molar-refractivity contribution in [2.24, 2.45) is 7.05 Å². The lowest BCUT2D eigenvalue weighted by Gasteiger charge is -2.34. The van der Waals surface area contributed by atoms with Crippen molar-refractivity contribution in [1.29, 1.82) is 0 Å². The molecule has 1 aliphatic carbocycles. The summed E-state index contributed by atoms with van der Waals surface area (Å²) < 4.78 is 7.71. The lowest BCUT2D eigenvalue weighted by molar-refractivity contribution is -0.134. The van der Waals surface area contributed by atoms with Crippen molar-refractivity contribution < 1.29 is 14.0 Å². The number of carbonyl (C=O) groups is 2. The molecule has 2 N–H and O–H groups in total. The Bertz CT molecular complexity index is 903. The quantitative estimate of drug-likeness (QED) is 0.679. The number of rotatable bonds is 7. The van der Waals surface area contributed by atoms with Crippen LogP contribution in [0.3, 0.4) is 0 Å². The highest BCUT2D eigenvalue weighted by Gasteiger charge is 2.33. The molecule has 0 bridgehead atoms. The van der Waals surface area contributed by atoms with Crippen molar-refractivity contribution in [3.63, 3.8) is 0 Å². The summed E-state index contributed by atoms with van der Waals surface area (Å²) in [5, 5.41) is 7.64. The van der Waals surface area contributed by atoms with E-state index in [9.17, 15) is 9.59 Å². The van der Waals surface area contributed by atoms with Gasteiger partial charge in [-0.2, -0.15) is 0 Å². The predicted molar refractivity (Wildman–Crippen MR) is 119 cm³/mol. The van der Waals surface area contributed by atoms with Crippen LogP contribution >= 0.6 is 11.8 Å². The van der Waals surface area contributed by atoms with Crippen LogP contribution in [-0.2, 0) is 23.2 Å². The second-order valence-electron chi connectivity index (χ2n) is 8.47. The zero-order chi connectivity index (χ0) is 21.8. The van der Waals surface area contributed by atoms with E-state index in [1.807, 2.05) is 59.7 Å². The minimum atomic E-state index is -0.463. The molecule has 1 saturated carbocycles. The van der Waals surface area contributed by atoms with Crippen LogP contribution in [0, 0.1) is 6.92 Å². The fourth-order valence-corrected chi connectivity index (χ4v) is 5.50. The number of amides is 2. The summed E-state index contributed by atoms with van der Waals surface area (Å²) in [7, 11) is 2.01. The molecule has 1 aliphatic heterocycles. The third-order valence-electron chi connectivity index (χ3n) is 6.06. The first-order valence-corrected chi connectivity index (χ1v) is 11.9. The van der Waals surface area contributed by atoms with Crippen molar-refractivity contribution in [3.05, 3.63) is 36.0 Å². The van der Waals surface area contributed by atoms with E-state index in [0.29, 0.717) is 24.9 Å². The number of piperazine rings is 1. The van der Waals surface area contributed by atoms with Gasteiger partial charge in [-0.1, -0.05) is 11.8 Å². The van der Waals surface area contributed by atoms with Gasteiger partial charge in [-0.05, 0) is 44.7 Å². The van der Waals surface area contributed by atoms with E-state index in [1.54, 1.807) is 0 Å². The third kappa shape index (κ3) is 5.71. The molecular weight excluding hydrogens is 414 g/mol. The molecule has 168 valence electrons. The number of hydrogen-bond acceptors (Lipinski definition) is 6. The SMILES string of the molecule is Cc1ccc(CN2CCNC(=O)C2CC(=O)NC2CCC(Sc3nccn3C)CC2)o1. The molecule has 8 nitrogen and oxygen atoms in total. The van der Waals surface area contributed by atoms with E-state index in [-0.39, 0.29) is 24.3 Å². The Balaban J connectivity index is 1.26. The molecule has 9 heteroatoms. The summed E-state index contributed by atoms with van der Waals surface area (Å²) in [6.45, 7) is 3.74. The molecule has 3 heterocycles. The molecule has 2 aromatic rings. The summed E-state index contributed by atoms with van der Waals surface area (Å²) in [6, 6.07) is 3.57. The highest BCUT2D eigenvalue weighted by Crippen LogP contribution is 2.32. The van der Waals surface area contributed by atoms with Crippen LogP contribution in [0.4, 0.5) is 0 Å². The zero-order valence-electron chi connectivity index (χ0n) is 18.2. The first-order valence-electron chi connectivity index (χ1n) is 11.0. The van der Waals surface area contributed by atoms with E-state index in [4.69, 9.17) is 4.42 Å².